The van der Waals surface area contributed by atoms with Crippen LogP contribution in [0.15, 0.2) is 24.3 Å². The van der Waals surface area contributed by atoms with E-state index >= 15 is 0 Å². The van der Waals surface area contributed by atoms with Gasteiger partial charge in [-0.15, -0.1) is 0 Å². The number of hydrogen-bond acceptors (Lipinski definition) is 4. The van der Waals surface area contributed by atoms with E-state index in [9.17, 15) is 17.2 Å². The molecule has 0 radical (unpaired) electrons. The molecule has 3 saturated carbocycles. The molecule has 1 saturated heterocycles. The first-order valence-corrected chi connectivity index (χ1v) is 15.0. The molecule has 5 rings (SSSR count). The number of likely N-dealkylation sites (tertiary alicyclic amines) is 1. The number of ether oxygens (including phenoxy) is 1. The molecule has 8 heteroatoms. The van der Waals surface area contributed by atoms with Gasteiger partial charge in [0.2, 0.25) is 15.9 Å². The molecule has 35 heavy (non-hydrogen) atoms. The van der Waals surface area contributed by atoms with E-state index in [-0.39, 0.29) is 29.1 Å². The van der Waals surface area contributed by atoms with Gasteiger partial charge in [0, 0.05) is 43.6 Å². The Hall–Kier alpha value is -1.25. The van der Waals surface area contributed by atoms with Gasteiger partial charge in [0.05, 0.1) is 10.9 Å². The highest BCUT2D eigenvalue weighted by Gasteiger charge is 2.67. The normalized spacial score (nSPS) is 31.8. The summed E-state index contributed by atoms with van der Waals surface area (Å²) in [7, 11) is -3.26. The summed E-state index contributed by atoms with van der Waals surface area (Å²) in [4.78, 5) is 2.53. The van der Waals surface area contributed by atoms with Crippen molar-refractivity contribution in [1.82, 2.24) is 4.90 Å². The number of alkyl halides is 2. The number of halogens is 2. The maximum Gasteiger partial charge on any atom is 0.248 e. The molecule has 0 amide bonds. The first-order chi connectivity index (χ1) is 16.6. The number of anilines is 1. The monoisotopic (exact) mass is 510 g/mol. The van der Waals surface area contributed by atoms with Crippen molar-refractivity contribution in [2.24, 2.45) is 11.8 Å². The van der Waals surface area contributed by atoms with Crippen LogP contribution in [0.4, 0.5) is 14.5 Å². The first-order valence-electron chi connectivity index (χ1n) is 13.5. The summed E-state index contributed by atoms with van der Waals surface area (Å²) >= 11 is 0. The molecule has 1 N–H and O–H groups in total. The third kappa shape index (κ3) is 4.99. The molecule has 0 bridgehead atoms. The average molecular weight is 511 g/mol. The van der Waals surface area contributed by atoms with E-state index in [1.807, 2.05) is 19.1 Å². The van der Waals surface area contributed by atoms with Crippen LogP contribution in [0.1, 0.15) is 77.2 Å². The summed E-state index contributed by atoms with van der Waals surface area (Å²) in [5.74, 6) is -1.34. The van der Waals surface area contributed by atoms with Gasteiger partial charge in [0.15, 0.2) is 0 Å². The average Bonchev–Trinajstić information content (AvgIpc) is 3.72. The first kappa shape index (κ1) is 25.4. The van der Waals surface area contributed by atoms with Crippen molar-refractivity contribution in [2.75, 3.05) is 31.0 Å². The molecule has 1 aromatic carbocycles. The van der Waals surface area contributed by atoms with Crippen LogP contribution in [-0.4, -0.2) is 56.3 Å². The summed E-state index contributed by atoms with van der Waals surface area (Å²) in [6.45, 7) is 7.87. The Morgan fingerprint density at radius 2 is 1.77 bits per heavy atom. The van der Waals surface area contributed by atoms with E-state index < -0.39 is 15.9 Å². The summed E-state index contributed by atoms with van der Waals surface area (Å²) in [6.07, 6.45) is 5.19. The van der Waals surface area contributed by atoms with Gasteiger partial charge >= 0.3 is 0 Å². The summed E-state index contributed by atoms with van der Waals surface area (Å²) in [5.41, 5.74) is 1.70. The Morgan fingerprint density at radius 1 is 1.09 bits per heavy atom. The van der Waals surface area contributed by atoms with Gasteiger partial charge in [-0.2, -0.15) is 0 Å². The third-order valence-corrected chi connectivity index (χ3v) is 11.1. The topological polar surface area (TPSA) is 58.6 Å². The predicted octanol–water partition coefficient (Wildman–Crippen LogP) is 5.56. The number of nitrogens with one attached hydrogen (secondary N) is 1. The van der Waals surface area contributed by atoms with E-state index in [2.05, 4.69) is 28.7 Å². The van der Waals surface area contributed by atoms with Gasteiger partial charge in [-0.05, 0) is 87.9 Å². The lowest BCUT2D eigenvalue weighted by Crippen LogP contribution is -2.41. The maximum atomic E-state index is 13.7. The number of nitrogens with zero attached hydrogens (tertiary/aromatic N) is 1. The quantitative estimate of drug-likeness (QED) is 0.423. The molecule has 1 unspecified atom stereocenters. The SMILES string of the molecule is CCOC1(CCCN2C[C@@H]3[C@H](C2)C3(CC)c2cccc(NS(=O)(=O)C3CC3)c2)CCC(F)(F)CC1. The Morgan fingerprint density at radius 3 is 2.37 bits per heavy atom. The lowest BCUT2D eigenvalue weighted by Gasteiger charge is -2.40. The number of benzene rings is 1. The zero-order chi connectivity index (χ0) is 24.9. The predicted molar refractivity (Wildman–Crippen MR) is 134 cm³/mol. The van der Waals surface area contributed by atoms with E-state index in [0.29, 0.717) is 37.0 Å². The summed E-state index contributed by atoms with van der Waals surface area (Å²) in [5, 5.41) is -0.230. The van der Waals surface area contributed by atoms with Gasteiger partial charge in [-0.25, -0.2) is 17.2 Å². The van der Waals surface area contributed by atoms with Crippen LogP contribution in [0.5, 0.6) is 0 Å². The van der Waals surface area contributed by atoms with E-state index in [0.717, 1.165) is 51.7 Å². The standard InChI is InChI=1S/C27H40F2N2O3S/c1-3-27(20-7-5-8-21(17-20)30-35(32,33)22-9-10-22)23-18-31(19-24(23)27)16-6-11-25(34-4-2)12-14-26(28,29)15-13-25/h5,7-8,17,22-24,30H,3-4,6,9-16,18-19H2,1-2H3/t23-,24+,27?. The highest BCUT2D eigenvalue weighted by molar-refractivity contribution is 7.93. The minimum atomic E-state index is -3.26. The number of rotatable bonds is 11. The molecule has 1 heterocycles. The minimum absolute atomic E-state index is 0.0598. The van der Waals surface area contributed by atoms with E-state index in [1.54, 1.807) is 0 Å². The molecule has 1 aliphatic heterocycles. The van der Waals surface area contributed by atoms with Crippen molar-refractivity contribution in [3.05, 3.63) is 29.8 Å². The zero-order valence-electron chi connectivity index (χ0n) is 21.1. The van der Waals surface area contributed by atoms with Crippen LogP contribution < -0.4 is 4.72 Å². The number of piperidine rings is 1. The molecule has 4 fully saturated rings. The molecular formula is C27H40F2N2O3S. The lowest BCUT2D eigenvalue weighted by atomic mass is 9.79. The third-order valence-electron chi connectivity index (χ3n) is 9.27. The van der Waals surface area contributed by atoms with Crippen molar-refractivity contribution in [3.63, 3.8) is 0 Å². The van der Waals surface area contributed by atoms with Gasteiger partial charge in [-0.1, -0.05) is 19.1 Å². The van der Waals surface area contributed by atoms with Gasteiger partial charge in [-0.3, -0.25) is 4.72 Å². The van der Waals surface area contributed by atoms with Gasteiger partial charge < -0.3 is 9.64 Å². The molecule has 196 valence electrons. The van der Waals surface area contributed by atoms with Crippen molar-refractivity contribution >= 4 is 15.7 Å². The van der Waals surface area contributed by atoms with Crippen LogP contribution in [0.3, 0.4) is 0 Å². The molecule has 3 aliphatic carbocycles. The van der Waals surface area contributed by atoms with Crippen LogP contribution >= 0.6 is 0 Å². The Balaban J connectivity index is 1.16. The van der Waals surface area contributed by atoms with Gasteiger partial charge in [0.25, 0.3) is 0 Å². The highest BCUT2D eigenvalue weighted by atomic mass is 32.2. The fourth-order valence-corrected chi connectivity index (χ4v) is 8.50. The smallest absolute Gasteiger partial charge is 0.248 e. The van der Waals surface area contributed by atoms with E-state index in [4.69, 9.17) is 4.74 Å². The van der Waals surface area contributed by atoms with Gasteiger partial charge in [0.1, 0.15) is 0 Å². The Labute approximate surface area is 209 Å². The second-order valence-electron chi connectivity index (χ2n) is 11.4. The molecule has 4 aliphatic rings. The largest absolute Gasteiger partial charge is 0.375 e. The molecule has 5 nitrogen and oxygen atoms in total. The molecule has 3 atom stereocenters. The molecule has 0 spiro atoms. The van der Waals surface area contributed by atoms with Crippen LogP contribution in [0.2, 0.25) is 0 Å². The number of hydrogen-bond donors (Lipinski definition) is 1. The molecule has 0 aromatic heterocycles. The van der Waals surface area contributed by atoms with Crippen LogP contribution in [-0.2, 0) is 20.2 Å². The fraction of sp³-hybridized carbons (Fsp3) is 0.778. The minimum Gasteiger partial charge on any atom is -0.375 e. The second kappa shape index (κ2) is 9.25. The molecule has 1 aromatic rings. The van der Waals surface area contributed by atoms with Crippen LogP contribution in [0, 0.1) is 11.8 Å². The fourth-order valence-electron chi connectivity index (χ4n) is 7.12. The zero-order valence-corrected chi connectivity index (χ0v) is 21.9. The number of sulfonamides is 1. The Kier molecular flexibility index (Phi) is 6.71. The summed E-state index contributed by atoms with van der Waals surface area (Å²) < 4.78 is 61.0. The second-order valence-corrected chi connectivity index (χ2v) is 13.3. The highest BCUT2D eigenvalue weighted by Crippen LogP contribution is 2.65. The van der Waals surface area contributed by atoms with Crippen molar-refractivity contribution in [3.8, 4) is 0 Å². The van der Waals surface area contributed by atoms with Crippen LogP contribution in [0.25, 0.3) is 0 Å². The van der Waals surface area contributed by atoms with Crippen molar-refractivity contribution in [2.45, 2.75) is 93.8 Å². The van der Waals surface area contributed by atoms with Crippen molar-refractivity contribution < 1.29 is 21.9 Å². The van der Waals surface area contributed by atoms with E-state index in [1.165, 1.54) is 5.56 Å². The van der Waals surface area contributed by atoms with Crippen molar-refractivity contribution in [1.29, 1.82) is 0 Å². The summed E-state index contributed by atoms with van der Waals surface area (Å²) in [6, 6.07) is 8.04. The Bertz CT molecular complexity index is 1010. The molecular weight excluding hydrogens is 470 g/mol. The lowest BCUT2D eigenvalue weighted by molar-refractivity contribution is -0.134. The maximum absolute atomic E-state index is 13.7. The number of fused-ring (bicyclic) bond motifs is 1.